The number of thiazole rings is 1. The van der Waals surface area contributed by atoms with Crippen LogP contribution in [-0.2, 0) is 12.8 Å². The summed E-state index contributed by atoms with van der Waals surface area (Å²) in [5.41, 5.74) is 1.12. The van der Waals surface area contributed by atoms with Crippen molar-refractivity contribution in [3.8, 4) is 0 Å². The van der Waals surface area contributed by atoms with Gasteiger partial charge in [-0.15, -0.1) is 46.7 Å². The van der Waals surface area contributed by atoms with Gasteiger partial charge in [-0.2, -0.15) is 0 Å². The van der Waals surface area contributed by atoms with Crippen LogP contribution in [0.4, 0.5) is 0 Å². The van der Waals surface area contributed by atoms with Crippen molar-refractivity contribution in [1.82, 2.24) is 15.2 Å². The average molecular weight is 478 g/mol. The van der Waals surface area contributed by atoms with Crippen LogP contribution in [0.2, 0.25) is 0 Å². The lowest BCUT2D eigenvalue weighted by Gasteiger charge is -2.21. The Morgan fingerprint density at radius 3 is 2.79 bits per heavy atom. The Labute approximate surface area is 170 Å². The standard InChI is InChI=1S/C17H26N4S2.HI/c1-4-18-17(21(3)11-9-15-7-6-12-22-15)19-10-5-8-16-20-14(2)13-23-16;/h6-7,12-13H,4-5,8-11H2,1-3H3,(H,18,19);1H. The third kappa shape index (κ3) is 7.48. The highest BCUT2D eigenvalue weighted by Crippen LogP contribution is 2.11. The number of rotatable bonds is 8. The van der Waals surface area contributed by atoms with Gasteiger partial charge >= 0.3 is 0 Å². The van der Waals surface area contributed by atoms with Gasteiger partial charge in [-0.25, -0.2) is 4.98 Å². The molecule has 134 valence electrons. The van der Waals surface area contributed by atoms with E-state index in [-0.39, 0.29) is 24.0 Å². The second kappa shape index (κ2) is 11.8. The summed E-state index contributed by atoms with van der Waals surface area (Å²) in [6, 6.07) is 4.30. The highest BCUT2D eigenvalue weighted by molar-refractivity contribution is 14.0. The van der Waals surface area contributed by atoms with Crippen LogP contribution < -0.4 is 5.32 Å². The first-order chi connectivity index (χ1) is 11.2. The van der Waals surface area contributed by atoms with Crippen LogP contribution in [-0.4, -0.2) is 42.5 Å². The number of nitrogens with zero attached hydrogens (tertiary/aromatic N) is 3. The maximum absolute atomic E-state index is 4.75. The first-order valence-corrected chi connectivity index (χ1v) is 9.87. The number of hydrogen-bond acceptors (Lipinski definition) is 4. The van der Waals surface area contributed by atoms with Gasteiger partial charge in [0.25, 0.3) is 0 Å². The molecule has 0 amide bonds. The monoisotopic (exact) mass is 478 g/mol. The lowest BCUT2D eigenvalue weighted by atomic mass is 10.3. The molecule has 2 heterocycles. The number of likely N-dealkylation sites (N-methyl/N-ethyl adjacent to an activating group) is 1. The fraction of sp³-hybridized carbons (Fsp3) is 0.529. The molecule has 24 heavy (non-hydrogen) atoms. The number of guanidine groups is 1. The van der Waals surface area contributed by atoms with Crippen LogP contribution in [0.1, 0.15) is 28.9 Å². The van der Waals surface area contributed by atoms with Crippen molar-refractivity contribution in [2.75, 3.05) is 26.7 Å². The number of aryl methyl sites for hydroxylation is 2. The van der Waals surface area contributed by atoms with E-state index in [0.29, 0.717) is 0 Å². The number of aliphatic imine (C=N–C) groups is 1. The van der Waals surface area contributed by atoms with E-state index in [1.165, 1.54) is 9.88 Å². The lowest BCUT2D eigenvalue weighted by Crippen LogP contribution is -2.40. The molecule has 7 heteroatoms. The predicted molar refractivity (Wildman–Crippen MR) is 117 cm³/mol. The second-order valence-electron chi connectivity index (χ2n) is 5.47. The molecular weight excluding hydrogens is 451 g/mol. The summed E-state index contributed by atoms with van der Waals surface area (Å²) in [4.78, 5) is 12.9. The molecule has 0 unspecified atom stereocenters. The fourth-order valence-electron chi connectivity index (χ4n) is 2.24. The van der Waals surface area contributed by atoms with Crippen molar-refractivity contribution in [3.63, 3.8) is 0 Å². The van der Waals surface area contributed by atoms with E-state index in [2.05, 4.69) is 52.1 Å². The summed E-state index contributed by atoms with van der Waals surface area (Å²) < 4.78 is 0. The summed E-state index contributed by atoms with van der Waals surface area (Å²) in [6.07, 6.45) is 3.12. The van der Waals surface area contributed by atoms with Crippen molar-refractivity contribution >= 4 is 52.6 Å². The first kappa shape index (κ1) is 21.4. The summed E-state index contributed by atoms with van der Waals surface area (Å²) in [6.45, 7) is 6.88. The van der Waals surface area contributed by atoms with E-state index in [1.807, 2.05) is 18.3 Å². The molecule has 0 aromatic carbocycles. The number of hydrogen-bond donors (Lipinski definition) is 1. The van der Waals surface area contributed by atoms with Crippen LogP contribution in [0.15, 0.2) is 27.9 Å². The van der Waals surface area contributed by atoms with Crippen LogP contribution >= 0.6 is 46.7 Å². The molecule has 0 spiro atoms. The Kier molecular flexibility index (Phi) is 10.5. The van der Waals surface area contributed by atoms with Gasteiger partial charge in [0.2, 0.25) is 0 Å². The Morgan fingerprint density at radius 2 is 2.17 bits per heavy atom. The van der Waals surface area contributed by atoms with Crippen molar-refractivity contribution in [2.45, 2.75) is 33.1 Å². The molecule has 0 bridgehead atoms. The van der Waals surface area contributed by atoms with Crippen molar-refractivity contribution in [3.05, 3.63) is 38.5 Å². The van der Waals surface area contributed by atoms with Crippen molar-refractivity contribution < 1.29 is 0 Å². The van der Waals surface area contributed by atoms with Gasteiger partial charge < -0.3 is 10.2 Å². The Bertz CT molecular complexity index is 596. The molecule has 0 aliphatic carbocycles. The van der Waals surface area contributed by atoms with E-state index < -0.39 is 0 Å². The summed E-state index contributed by atoms with van der Waals surface area (Å²) in [5, 5.41) is 8.84. The molecule has 2 rings (SSSR count). The maximum atomic E-state index is 4.75. The minimum atomic E-state index is 0. The summed E-state index contributed by atoms with van der Waals surface area (Å²) in [7, 11) is 2.11. The molecule has 2 aromatic heterocycles. The highest BCUT2D eigenvalue weighted by Gasteiger charge is 2.06. The smallest absolute Gasteiger partial charge is 0.193 e. The van der Waals surface area contributed by atoms with Crippen molar-refractivity contribution in [1.29, 1.82) is 0 Å². The van der Waals surface area contributed by atoms with Gasteiger partial charge in [-0.3, -0.25) is 4.99 Å². The van der Waals surface area contributed by atoms with Gasteiger partial charge in [-0.05, 0) is 38.1 Å². The summed E-state index contributed by atoms with van der Waals surface area (Å²) >= 11 is 3.57. The highest BCUT2D eigenvalue weighted by atomic mass is 127. The molecule has 1 N–H and O–H groups in total. The normalized spacial score (nSPS) is 11.2. The largest absolute Gasteiger partial charge is 0.357 e. The lowest BCUT2D eigenvalue weighted by molar-refractivity contribution is 0.486. The molecule has 0 aliphatic rings. The molecule has 0 atom stereocenters. The summed E-state index contributed by atoms with van der Waals surface area (Å²) in [5.74, 6) is 0.999. The predicted octanol–water partition coefficient (Wildman–Crippen LogP) is 4.20. The average Bonchev–Trinajstić information content (AvgIpc) is 3.19. The molecular formula is C17H27IN4S2. The fourth-order valence-corrected chi connectivity index (χ4v) is 3.76. The van der Waals surface area contributed by atoms with Gasteiger partial charge in [0.1, 0.15) is 0 Å². The Morgan fingerprint density at radius 1 is 1.33 bits per heavy atom. The number of aromatic nitrogens is 1. The second-order valence-corrected chi connectivity index (χ2v) is 7.45. The number of thiophene rings is 1. The molecule has 0 radical (unpaired) electrons. The van der Waals surface area contributed by atoms with E-state index >= 15 is 0 Å². The minimum absolute atomic E-state index is 0. The molecule has 4 nitrogen and oxygen atoms in total. The van der Waals surface area contributed by atoms with Gasteiger partial charge in [-0.1, -0.05) is 6.07 Å². The zero-order valence-electron chi connectivity index (χ0n) is 14.6. The Balaban J connectivity index is 0.00000288. The van der Waals surface area contributed by atoms with Gasteiger partial charge in [0, 0.05) is 49.1 Å². The molecule has 2 aromatic rings. The third-order valence-electron chi connectivity index (χ3n) is 3.45. The minimum Gasteiger partial charge on any atom is -0.357 e. The zero-order valence-corrected chi connectivity index (χ0v) is 18.6. The maximum Gasteiger partial charge on any atom is 0.193 e. The number of nitrogens with one attached hydrogen (secondary N) is 1. The first-order valence-electron chi connectivity index (χ1n) is 8.12. The SMILES string of the molecule is CCNC(=NCCCc1nc(C)cs1)N(C)CCc1cccs1.I. The zero-order chi connectivity index (χ0) is 16.5. The quantitative estimate of drug-likeness (QED) is 0.268. The Hall–Kier alpha value is -0.670. The van der Waals surface area contributed by atoms with Crippen molar-refractivity contribution in [2.24, 2.45) is 4.99 Å². The van der Waals surface area contributed by atoms with Gasteiger partial charge in [0.15, 0.2) is 5.96 Å². The van der Waals surface area contributed by atoms with Crippen LogP contribution in [0.3, 0.4) is 0 Å². The van der Waals surface area contributed by atoms with Gasteiger partial charge in [0.05, 0.1) is 5.01 Å². The third-order valence-corrected chi connectivity index (χ3v) is 5.41. The molecule has 0 aliphatic heterocycles. The number of halogens is 1. The van der Waals surface area contributed by atoms with Crippen LogP contribution in [0.5, 0.6) is 0 Å². The van der Waals surface area contributed by atoms with E-state index in [4.69, 9.17) is 4.99 Å². The van der Waals surface area contributed by atoms with Crippen LogP contribution in [0, 0.1) is 6.92 Å². The van der Waals surface area contributed by atoms with E-state index in [0.717, 1.165) is 50.6 Å². The molecule has 0 saturated carbocycles. The van der Waals surface area contributed by atoms with E-state index in [1.54, 1.807) is 11.3 Å². The topological polar surface area (TPSA) is 40.5 Å². The van der Waals surface area contributed by atoms with E-state index in [9.17, 15) is 0 Å². The molecule has 0 saturated heterocycles. The molecule has 0 fully saturated rings. The van der Waals surface area contributed by atoms with Crippen LogP contribution in [0.25, 0.3) is 0 Å².